The molecule has 0 spiro atoms. The summed E-state index contributed by atoms with van der Waals surface area (Å²) in [7, 11) is 0. The van der Waals surface area contributed by atoms with Crippen LogP contribution in [0.3, 0.4) is 0 Å². The first-order valence-corrected chi connectivity index (χ1v) is 11.7. The Morgan fingerprint density at radius 2 is 1.66 bits per heavy atom. The molecular weight excluding hydrogens is 508 g/mol. The molecular formula is C26H20F4N4O4. The van der Waals surface area contributed by atoms with Crippen LogP contribution in [0, 0.1) is 23.3 Å². The molecule has 1 aliphatic rings. The summed E-state index contributed by atoms with van der Waals surface area (Å²) in [4.78, 5) is 43.2. The van der Waals surface area contributed by atoms with E-state index in [1.165, 1.54) is 0 Å². The Hall–Kier alpha value is -4.48. The summed E-state index contributed by atoms with van der Waals surface area (Å²) < 4.78 is 56.7. The van der Waals surface area contributed by atoms with Crippen molar-refractivity contribution in [2.24, 2.45) is 0 Å². The second-order valence-electron chi connectivity index (χ2n) is 9.06. The van der Waals surface area contributed by atoms with Crippen LogP contribution in [0.1, 0.15) is 42.1 Å². The summed E-state index contributed by atoms with van der Waals surface area (Å²) >= 11 is 0. The van der Waals surface area contributed by atoms with Crippen molar-refractivity contribution in [2.75, 3.05) is 0 Å². The molecule has 0 radical (unpaired) electrons. The molecule has 2 heterocycles. The maximum atomic E-state index is 14.0. The van der Waals surface area contributed by atoms with Gasteiger partial charge in [-0.25, -0.2) is 31.9 Å². The zero-order valence-electron chi connectivity index (χ0n) is 19.6. The number of nitrogens with one attached hydrogen (secondary N) is 1. The topological polar surface area (TPSA) is 106 Å². The third kappa shape index (κ3) is 4.53. The van der Waals surface area contributed by atoms with E-state index < -0.39 is 52.2 Å². The number of hydrogen-bond acceptors (Lipinski definition) is 5. The van der Waals surface area contributed by atoms with Gasteiger partial charge in [0.2, 0.25) is 0 Å². The number of aromatic nitrogens is 3. The standard InChI is InChI=1S/C26H20F4N4O4/c27-13-1-7-18(22(35)10-13)24(36)32-15-2-4-16(5-3-15)34-25(37)19-9-14(28)12-31-23(19)33(26(34)38)17-6-8-20(29)21(30)11-17/h1,6-12,15-16,35H,2-5H2,(H,32,36)/t15-,16+. The molecule has 0 aliphatic heterocycles. The van der Waals surface area contributed by atoms with E-state index in [1.807, 2.05) is 0 Å². The SMILES string of the molecule is O=C(N[C@H]1CC[C@@H](n2c(=O)c3cc(F)cnc3n(-c3ccc(F)c(F)c3)c2=O)CC1)c1ccc(F)cc1O. The van der Waals surface area contributed by atoms with Crippen molar-refractivity contribution in [1.82, 2.24) is 19.4 Å². The van der Waals surface area contributed by atoms with Crippen LogP contribution in [0.15, 0.2) is 58.3 Å². The molecule has 12 heteroatoms. The lowest BCUT2D eigenvalue weighted by atomic mass is 9.90. The Labute approximate surface area is 211 Å². The number of aromatic hydroxyl groups is 1. The lowest BCUT2D eigenvalue weighted by Gasteiger charge is -2.30. The van der Waals surface area contributed by atoms with Crippen LogP contribution in [-0.2, 0) is 0 Å². The summed E-state index contributed by atoms with van der Waals surface area (Å²) in [5.74, 6) is -4.95. The van der Waals surface area contributed by atoms with E-state index in [1.54, 1.807) is 0 Å². The van der Waals surface area contributed by atoms with Gasteiger partial charge in [-0.2, -0.15) is 0 Å². The van der Waals surface area contributed by atoms with E-state index in [0.717, 1.165) is 57.8 Å². The Morgan fingerprint density at radius 3 is 2.34 bits per heavy atom. The fraction of sp³-hybridized carbons (Fsp3) is 0.231. The largest absolute Gasteiger partial charge is 0.507 e. The minimum absolute atomic E-state index is 0.0909. The Bertz CT molecular complexity index is 1690. The predicted octanol–water partition coefficient (Wildman–Crippen LogP) is 3.72. The van der Waals surface area contributed by atoms with Crippen molar-refractivity contribution in [3.05, 3.63) is 98.3 Å². The van der Waals surface area contributed by atoms with Gasteiger partial charge in [0, 0.05) is 24.2 Å². The van der Waals surface area contributed by atoms with Gasteiger partial charge >= 0.3 is 5.69 Å². The highest BCUT2D eigenvalue weighted by atomic mass is 19.2. The minimum Gasteiger partial charge on any atom is -0.507 e. The summed E-state index contributed by atoms with van der Waals surface area (Å²) in [6.07, 6.45) is 2.08. The van der Waals surface area contributed by atoms with Gasteiger partial charge in [0.25, 0.3) is 11.5 Å². The third-order valence-electron chi connectivity index (χ3n) is 6.65. The Morgan fingerprint density at radius 1 is 0.921 bits per heavy atom. The molecule has 0 unspecified atom stereocenters. The van der Waals surface area contributed by atoms with Crippen molar-refractivity contribution < 1.29 is 27.5 Å². The van der Waals surface area contributed by atoms with Crippen LogP contribution < -0.4 is 16.6 Å². The van der Waals surface area contributed by atoms with Gasteiger partial charge in [0.15, 0.2) is 17.3 Å². The van der Waals surface area contributed by atoms with Crippen LogP contribution >= 0.6 is 0 Å². The summed E-state index contributed by atoms with van der Waals surface area (Å²) in [5, 5.41) is 12.4. The number of pyridine rings is 1. The van der Waals surface area contributed by atoms with Gasteiger partial charge in [-0.05, 0) is 56.0 Å². The molecule has 1 amide bonds. The van der Waals surface area contributed by atoms with Gasteiger partial charge in [0.1, 0.15) is 17.4 Å². The minimum atomic E-state index is -1.22. The number of rotatable bonds is 4. The molecule has 5 rings (SSSR count). The van der Waals surface area contributed by atoms with Crippen molar-refractivity contribution >= 4 is 16.9 Å². The second-order valence-corrected chi connectivity index (χ2v) is 9.06. The van der Waals surface area contributed by atoms with Crippen LogP contribution in [0.4, 0.5) is 17.6 Å². The smallest absolute Gasteiger partial charge is 0.337 e. The fourth-order valence-electron chi connectivity index (χ4n) is 4.80. The maximum Gasteiger partial charge on any atom is 0.337 e. The number of fused-ring (bicyclic) bond motifs is 1. The molecule has 8 nitrogen and oxygen atoms in total. The highest BCUT2D eigenvalue weighted by Gasteiger charge is 2.28. The van der Waals surface area contributed by atoms with Crippen LogP contribution in [0.5, 0.6) is 5.75 Å². The molecule has 0 saturated heterocycles. The van der Waals surface area contributed by atoms with E-state index >= 15 is 0 Å². The van der Waals surface area contributed by atoms with Crippen LogP contribution in [0.2, 0.25) is 0 Å². The molecule has 2 N–H and O–H groups in total. The third-order valence-corrected chi connectivity index (χ3v) is 6.65. The van der Waals surface area contributed by atoms with Gasteiger partial charge < -0.3 is 10.4 Å². The Balaban J connectivity index is 1.47. The second kappa shape index (κ2) is 9.77. The molecule has 4 aromatic rings. The van der Waals surface area contributed by atoms with E-state index in [9.17, 15) is 37.1 Å². The maximum absolute atomic E-state index is 14.0. The zero-order chi connectivity index (χ0) is 27.1. The van der Waals surface area contributed by atoms with Crippen molar-refractivity contribution in [3.63, 3.8) is 0 Å². The number of nitrogens with zero attached hydrogens (tertiary/aromatic N) is 3. The lowest BCUT2D eigenvalue weighted by molar-refractivity contribution is 0.0919. The first-order valence-electron chi connectivity index (χ1n) is 11.7. The lowest BCUT2D eigenvalue weighted by Crippen LogP contribution is -2.45. The zero-order valence-corrected chi connectivity index (χ0v) is 19.6. The van der Waals surface area contributed by atoms with Crippen molar-refractivity contribution in [3.8, 4) is 11.4 Å². The molecule has 38 heavy (non-hydrogen) atoms. The summed E-state index contributed by atoms with van der Waals surface area (Å²) in [6.45, 7) is 0. The highest BCUT2D eigenvalue weighted by molar-refractivity contribution is 5.96. The number of carbonyl (C=O) groups is 1. The van der Waals surface area contributed by atoms with Gasteiger partial charge in [-0.1, -0.05) is 0 Å². The van der Waals surface area contributed by atoms with E-state index in [-0.39, 0.29) is 41.2 Å². The molecule has 196 valence electrons. The predicted molar refractivity (Wildman–Crippen MR) is 128 cm³/mol. The quantitative estimate of drug-likeness (QED) is 0.393. The number of hydrogen-bond donors (Lipinski definition) is 2. The Kier molecular flexibility index (Phi) is 6.47. The summed E-state index contributed by atoms with van der Waals surface area (Å²) in [6, 6.07) is 5.74. The number of phenols is 1. The van der Waals surface area contributed by atoms with Crippen LogP contribution in [0.25, 0.3) is 16.7 Å². The molecule has 1 saturated carbocycles. The molecule has 1 aliphatic carbocycles. The van der Waals surface area contributed by atoms with E-state index in [0.29, 0.717) is 12.8 Å². The molecule has 1 fully saturated rings. The number of carbonyl (C=O) groups excluding carboxylic acids is 1. The summed E-state index contributed by atoms with van der Waals surface area (Å²) in [5.41, 5.74) is -2.02. The monoisotopic (exact) mass is 528 g/mol. The number of halogens is 4. The average Bonchev–Trinajstić information content (AvgIpc) is 2.87. The molecule has 0 atom stereocenters. The van der Waals surface area contributed by atoms with E-state index in [2.05, 4.69) is 10.3 Å². The average molecular weight is 528 g/mol. The fourth-order valence-corrected chi connectivity index (χ4v) is 4.80. The first kappa shape index (κ1) is 25.2. The molecule has 0 bridgehead atoms. The number of phenolic OH excluding ortho intramolecular Hbond substituents is 1. The van der Waals surface area contributed by atoms with Crippen molar-refractivity contribution in [2.45, 2.75) is 37.8 Å². The normalized spacial score (nSPS) is 17.5. The molecule has 2 aromatic heterocycles. The van der Waals surface area contributed by atoms with Crippen molar-refractivity contribution in [1.29, 1.82) is 0 Å². The van der Waals surface area contributed by atoms with Gasteiger partial charge in [0.05, 0.1) is 22.8 Å². The molecule has 2 aromatic carbocycles. The van der Waals surface area contributed by atoms with Gasteiger partial charge in [-0.3, -0.25) is 14.2 Å². The van der Waals surface area contributed by atoms with Crippen LogP contribution in [-0.4, -0.2) is 31.2 Å². The van der Waals surface area contributed by atoms with Gasteiger partial charge in [-0.15, -0.1) is 0 Å². The highest BCUT2D eigenvalue weighted by Crippen LogP contribution is 2.28. The first-order chi connectivity index (χ1) is 18.1. The number of benzene rings is 2. The van der Waals surface area contributed by atoms with E-state index in [4.69, 9.17) is 0 Å². The number of amides is 1.